The number of hydrogen-bond acceptors (Lipinski definition) is 0. The van der Waals surface area contributed by atoms with Crippen molar-refractivity contribution in [2.24, 2.45) is 0 Å². The van der Waals surface area contributed by atoms with Crippen LogP contribution >= 0.6 is 0 Å². The lowest BCUT2D eigenvalue weighted by Gasteiger charge is -2.01. The molecule has 0 spiro atoms. The Morgan fingerprint density at radius 2 is 1.50 bits per heavy atom. The zero-order chi connectivity index (χ0) is 10.6. The maximum atomic E-state index is 12.7. The van der Waals surface area contributed by atoms with Gasteiger partial charge in [0.05, 0.1) is 0 Å². The third-order valence-electron chi connectivity index (χ3n) is 1.89. The lowest BCUT2D eigenvalue weighted by atomic mass is 10.3. The Kier molecular flexibility index (Phi) is 1.67. The summed E-state index contributed by atoms with van der Waals surface area (Å²) in [5.41, 5.74) is -1.37. The van der Waals surface area contributed by atoms with Crippen LogP contribution in [0.4, 0.5) is 26.3 Å². The molecule has 1 aliphatic rings. The molecule has 0 saturated heterocycles. The van der Waals surface area contributed by atoms with Crippen molar-refractivity contribution >= 4 is 5.83 Å². The average Bonchev–Trinajstić information content (AvgIpc) is 2.51. The molecule has 2 heterocycles. The van der Waals surface area contributed by atoms with Crippen LogP contribution in [-0.4, -0.2) is 4.57 Å². The summed E-state index contributed by atoms with van der Waals surface area (Å²) < 4.78 is 75.3. The highest BCUT2D eigenvalue weighted by molar-refractivity contribution is 5.63. The van der Waals surface area contributed by atoms with E-state index in [0.29, 0.717) is 0 Å². The summed E-state index contributed by atoms with van der Waals surface area (Å²) in [5, 5.41) is 0. The highest BCUT2D eigenvalue weighted by Crippen LogP contribution is 2.42. The zero-order valence-electron chi connectivity index (χ0n) is 6.29. The van der Waals surface area contributed by atoms with Crippen LogP contribution in [0.2, 0.25) is 0 Å². The quantitative estimate of drug-likeness (QED) is 0.584. The van der Waals surface area contributed by atoms with E-state index in [4.69, 9.17) is 0 Å². The summed E-state index contributed by atoms with van der Waals surface area (Å²) >= 11 is 0. The minimum atomic E-state index is -2.84. The van der Waals surface area contributed by atoms with Crippen molar-refractivity contribution in [1.82, 2.24) is 4.57 Å². The molecule has 1 unspecified atom stereocenters. The van der Waals surface area contributed by atoms with E-state index in [-0.39, 0.29) is 4.57 Å². The van der Waals surface area contributed by atoms with E-state index in [0.717, 1.165) is 0 Å². The third kappa shape index (κ3) is 0.816. The first-order chi connectivity index (χ1) is 6.46. The predicted octanol–water partition coefficient (Wildman–Crippen LogP) is 2.99. The minimum absolute atomic E-state index is 0.352. The van der Waals surface area contributed by atoms with E-state index in [1.807, 2.05) is 0 Å². The number of aromatic nitrogens is 1. The second-order valence-electron chi connectivity index (χ2n) is 2.64. The van der Waals surface area contributed by atoms with Crippen molar-refractivity contribution in [2.45, 2.75) is 6.30 Å². The topological polar surface area (TPSA) is 4.93 Å². The van der Waals surface area contributed by atoms with Gasteiger partial charge in [-0.15, -0.1) is 0 Å². The van der Waals surface area contributed by atoms with E-state index in [9.17, 15) is 26.3 Å². The monoisotopic (exact) mass is 213 g/mol. The van der Waals surface area contributed by atoms with Gasteiger partial charge in [0.2, 0.25) is 18.1 Å². The van der Waals surface area contributed by atoms with Crippen LogP contribution in [0, 0.1) is 17.6 Å². The van der Waals surface area contributed by atoms with Crippen molar-refractivity contribution in [2.75, 3.05) is 0 Å². The largest absolute Gasteiger partial charge is 0.273 e. The van der Waals surface area contributed by atoms with Crippen molar-refractivity contribution < 1.29 is 26.3 Å². The Morgan fingerprint density at radius 3 is 2.00 bits per heavy atom. The molecule has 1 aromatic rings. The summed E-state index contributed by atoms with van der Waals surface area (Å²) in [6.07, 6.45) is -2.84. The van der Waals surface area contributed by atoms with Gasteiger partial charge in [-0.3, -0.25) is 4.57 Å². The summed E-state index contributed by atoms with van der Waals surface area (Å²) in [4.78, 5) is 0. The van der Waals surface area contributed by atoms with Crippen LogP contribution in [0.5, 0.6) is 0 Å². The molecule has 0 amide bonds. The van der Waals surface area contributed by atoms with Gasteiger partial charge in [0, 0.05) is 0 Å². The predicted molar refractivity (Wildman–Crippen MR) is 33.6 cm³/mol. The number of hydrogen-bond donors (Lipinski definition) is 0. The third-order valence-corrected chi connectivity index (χ3v) is 1.89. The van der Waals surface area contributed by atoms with Gasteiger partial charge in [-0.25, -0.2) is 17.6 Å². The molecular weight excluding hydrogens is 212 g/mol. The number of alkyl halides is 1. The second kappa shape index (κ2) is 2.55. The van der Waals surface area contributed by atoms with E-state index in [2.05, 4.69) is 0 Å². The van der Waals surface area contributed by atoms with E-state index < -0.39 is 41.2 Å². The number of fused-ring (bicyclic) bond motifs is 1. The molecule has 0 fully saturated rings. The average molecular weight is 213 g/mol. The van der Waals surface area contributed by atoms with Gasteiger partial charge < -0.3 is 0 Å². The van der Waals surface area contributed by atoms with E-state index in [1.54, 1.807) is 0 Å². The minimum Gasteiger partial charge on any atom is -0.273 e. The molecular formula is C7HF6N. The van der Waals surface area contributed by atoms with Crippen LogP contribution in [0.3, 0.4) is 0 Å². The molecule has 1 aromatic heterocycles. The molecule has 14 heavy (non-hydrogen) atoms. The highest BCUT2D eigenvalue weighted by Gasteiger charge is 2.40. The molecule has 1 aliphatic heterocycles. The van der Waals surface area contributed by atoms with Crippen molar-refractivity contribution in [3.63, 3.8) is 0 Å². The van der Waals surface area contributed by atoms with Crippen molar-refractivity contribution in [1.29, 1.82) is 0 Å². The Bertz CT molecular complexity index is 446. The zero-order valence-corrected chi connectivity index (χ0v) is 6.29. The SMILES string of the molecule is FC1=C(F)C(F)n2c(F)c(F)c(F)c21. The van der Waals surface area contributed by atoms with E-state index >= 15 is 0 Å². The van der Waals surface area contributed by atoms with Crippen molar-refractivity contribution in [3.05, 3.63) is 29.1 Å². The molecule has 0 aromatic carbocycles. The first kappa shape index (κ1) is 9.17. The number of nitrogens with zero attached hydrogens (tertiary/aromatic N) is 1. The van der Waals surface area contributed by atoms with Gasteiger partial charge in [-0.2, -0.15) is 8.78 Å². The molecule has 1 nitrogen and oxygen atoms in total. The number of halogens is 6. The van der Waals surface area contributed by atoms with Crippen LogP contribution in [-0.2, 0) is 0 Å². The first-order valence-electron chi connectivity index (χ1n) is 3.41. The fourth-order valence-corrected chi connectivity index (χ4v) is 1.25. The number of rotatable bonds is 0. The molecule has 0 radical (unpaired) electrons. The molecule has 0 N–H and O–H groups in total. The van der Waals surface area contributed by atoms with Crippen molar-refractivity contribution in [3.8, 4) is 0 Å². The Morgan fingerprint density at radius 1 is 0.929 bits per heavy atom. The molecule has 7 heteroatoms. The van der Waals surface area contributed by atoms with Gasteiger partial charge >= 0.3 is 0 Å². The normalized spacial score (nSPS) is 20.6. The Balaban J connectivity index is 2.79. The molecule has 0 saturated carbocycles. The van der Waals surface area contributed by atoms with Crippen LogP contribution in [0.25, 0.3) is 5.83 Å². The van der Waals surface area contributed by atoms with Gasteiger partial charge in [0.15, 0.2) is 17.5 Å². The standard InChI is InChI=1S/C7HF6N/c8-1-3(10)6(12)14-5(1)2(9)4(11)7(14)13/h6H. The fraction of sp³-hybridized carbons (Fsp3) is 0.143. The van der Waals surface area contributed by atoms with Gasteiger partial charge in [0.1, 0.15) is 5.69 Å². The first-order valence-corrected chi connectivity index (χ1v) is 3.41. The van der Waals surface area contributed by atoms with Gasteiger partial charge in [-0.1, -0.05) is 0 Å². The summed E-state index contributed by atoms with van der Waals surface area (Å²) in [6.45, 7) is 0. The molecule has 2 rings (SSSR count). The van der Waals surface area contributed by atoms with Gasteiger partial charge in [-0.05, 0) is 0 Å². The maximum Gasteiger partial charge on any atom is 0.236 e. The lowest BCUT2D eigenvalue weighted by Crippen LogP contribution is -2.03. The van der Waals surface area contributed by atoms with Crippen LogP contribution in [0.1, 0.15) is 12.0 Å². The lowest BCUT2D eigenvalue weighted by molar-refractivity contribution is 0.228. The molecule has 1 atom stereocenters. The summed E-state index contributed by atoms with van der Waals surface area (Å²) in [5.74, 6) is -9.80. The Labute approximate surface area is 73.2 Å². The number of allylic oxidation sites excluding steroid dienone is 1. The Hall–Kier alpha value is -1.40. The maximum absolute atomic E-state index is 12.7. The fourth-order valence-electron chi connectivity index (χ4n) is 1.25. The molecule has 76 valence electrons. The molecule has 0 bridgehead atoms. The highest BCUT2D eigenvalue weighted by atomic mass is 19.2. The van der Waals surface area contributed by atoms with E-state index in [1.165, 1.54) is 0 Å². The smallest absolute Gasteiger partial charge is 0.236 e. The van der Waals surface area contributed by atoms with Gasteiger partial charge in [0.25, 0.3) is 0 Å². The second-order valence-corrected chi connectivity index (χ2v) is 2.64. The molecule has 0 aliphatic carbocycles. The summed E-state index contributed by atoms with van der Waals surface area (Å²) in [7, 11) is 0. The van der Waals surface area contributed by atoms with Crippen LogP contribution in [0.15, 0.2) is 5.83 Å². The van der Waals surface area contributed by atoms with Crippen LogP contribution < -0.4 is 0 Å². The summed E-state index contributed by atoms with van der Waals surface area (Å²) in [6, 6.07) is 0.